The Labute approximate surface area is 128 Å². The van der Waals surface area contributed by atoms with Gasteiger partial charge in [-0.05, 0) is 19.1 Å². The minimum Gasteiger partial charge on any atom is -0.466 e. The maximum Gasteiger partial charge on any atom is 0.183 e. The van der Waals surface area contributed by atoms with E-state index in [0.29, 0.717) is 12.1 Å². The van der Waals surface area contributed by atoms with Crippen LogP contribution in [0.4, 0.5) is 0 Å². The second kappa shape index (κ2) is 4.98. The lowest BCUT2D eigenvalue weighted by molar-refractivity contribution is 0.0955. The third kappa shape index (κ3) is 2.17. The van der Waals surface area contributed by atoms with Crippen LogP contribution in [-0.4, -0.2) is 15.8 Å². The van der Waals surface area contributed by atoms with Crippen LogP contribution in [-0.2, 0) is 6.42 Å². The third-order valence-electron chi connectivity index (χ3n) is 4.14. The molecule has 2 heterocycles. The van der Waals surface area contributed by atoms with E-state index in [2.05, 4.69) is 9.97 Å². The summed E-state index contributed by atoms with van der Waals surface area (Å²) < 4.78 is 5.69. The molecule has 4 heteroatoms. The molecule has 1 atom stereocenters. The predicted molar refractivity (Wildman–Crippen MR) is 82.9 cm³/mol. The van der Waals surface area contributed by atoms with Crippen LogP contribution >= 0.6 is 0 Å². The van der Waals surface area contributed by atoms with E-state index in [9.17, 15) is 4.79 Å². The molecule has 22 heavy (non-hydrogen) atoms. The number of ketones is 1. The Morgan fingerprint density at radius 2 is 1.95 bits per heavy atom. The van der Waals surface area contributed by atoms with E-state index in [0.717, 1.165) is 35.0 Å². The first-order valence-corrected chi connectivity index (χ1v) is 7.44. The van der Waals surface area contributed by atoms with Gasteiger partial charge in [-0.1, -0.05) is 30.3 Å². The first-order chi connectivity index (χ1) is 10.7. The lowest BCUT2D eigenvalue weighted by Crippen LogP contribution is -2.18. The molecule has 1 N–H and O–H groups in total. The molecule has 1 unspecified atom stereocenters. The Bertz CT molecular complexity index is 830. The zero-order valence-corrected chi connectivity index (χ0v) is 12.3. The Morgan fingerprint density at radius 3 is 2.68 bits per heavy atom. The van der Waals surface area contributed by atoms with E-state index in [1.807, 2.05) is 49.4 Å². The van der Waals surface area contributed by atoms with E-state index >= 15 is 0 Å². The van der Waals surface area contributed by atoms with Crippen molar-refractivity contribution in [3.8, 4) is 11.4 Å². The molecule has 0 amide bonds. The van der Waals surface area contributed by atoms with Gasteiger partial charge in [0, 0.05) is 30.0 Å². The normalized spacial score (nSPS) is 17.5. The van der Waals surface area contributed by atoms with Gasteiger partial charge in [-0.2, -0.15) is 0 Å². The number of fused-ring (bicyclic) bond motifs is 1. The Hall–Kier alpha value is -2.62. The largest absolute Gasteiger partial charge is 0.466 e. The first-order valence-electron chi connectivity index (χ1n) is 7.44. The number of nitrogens with zero attached hydrogens (tertiary/aromatic N) is 1. The van der Waals surface area contributed by atoms with Crippen LogP contribution in [0.5, 0.6) is 0 Å². The minimum atomic E-state index is 0.0822. The van der Waals surface area contributed by atoms with Crippen molar-refractivity contribution in [1.82, 2.24) is 9.97 Å². The van der Waals surface area contributed by atoms with Crippen LogP contribution in [0.15, 0.2) is 46.9 Å². The molecule has 4 rings (SSSR count). The summed E-state index contributed by atoms with van der Waals surface area (Å²) in [6, 6.07) is 13.8. The van der Waals surface area contributed by atoms with E-state index < -0.39 is 0 Å². The zero-order chi connectivity index (χ0) is 15.1. The number of hydrogen-bond donors (Lipinski definition) is 1. The topological polar surface area (TPSA) is 58.9 Å². The lowest BCUT2D eigenvalue weighted by atomic mass is 9.87. The van der Waals surface area contributed by atoms with Crippen molar-refractivity contribution in [1.29, 1.82) is 0 Å². The molecule has 0 radical (unpaired) electrons. The van der Waals surface area contributed by atoms with Crippen LogP contribution < -0.4 is 0 Å². The Kier molecular flexibility index (Phi) is 2.96. The van der Waals surface area contributed by atoms with Crippen LogP contribution in [0, 0.1) is 6.92 Å². The first kappa shape index (κ1) is 13.1. The molecule has 1 aliphatic rings. The highest BCUT2D eigenvalue weighted by atomic mass is 16.3. The summed E-state index contributed by atoms with van der Waals surface area (Å²) in [7, 11) is 0. The van der Waals surface area contributed by atoms with E-state index in [-0.39, 0.29) is 11.7 Å². The SMILES string of the molecule is Cc1ccc(C2CC(=O)c3nc(-c4ccccc4)[nH]c3C2)o1. The summed E-state index contributed by atoms with van der Waals surface area (Å²) in [5.41, 5.74) is 2.49. The molecule has 1 aliphatic carbocycles. The molecule has 0 spiro atoms. The maximum atomic E-state index is 12.4. The van der Waals surface area contributed by atoms with Gasteiger partial charge in [0.25, 0.3) is 0 Å². The van der Waals surface area contributed by atoms with Crippen LogP contribution in [0.2, 0.25) is 0 Å². The monoisotopic (exact) mass is 292 g/mol. The molecule has 110 valence electrons. The molecule has 2 aromatic heterocycles. The predicted octanol–water partition coefficient (Wildman–Crippen LogP) is 3.89. The van der Waals surface area contributed by atoms with Crippen molar-refractivity contribution in [2.75, 3.05) is 0 Å². The molecule has 1 aromatic carbocycles. The Morgan fingerprint density at radius 1 is 1.14 bits per heavy atom. The number of carbonyl (C=O) groups excluding carboxylic acids is 1. The van der Waals surface area contributed by atoms with Gasteiger partial charge in [-0.25, -0.2) is 4.98 Å². The highest BCUT2D eigenvalue weighted by Crippen LogP contribution is 2.33. The number of hydrogen-bond acceptors (Lipinski definition) is 3. The number of nitrogens with one attached hydrogen (secondary N) is 1. The van der Waals surface area contributed by atoms with Gasteiger partial charge in [0.05, 0.1) is 0 Å². The van der Waals surface area contributed by atoms with Gasteiger partial charge < -0.3 is 9.40 Å². The molecule has 0 saturated heterocycles. The molecule has 3 aromatic rings. The summed E-state index contributed by atoms with van der Waals surface area (Å²) in [5, 5.41) is 0. The average molecular weight is 292 g/mol. The third-order valence-corrected chi connectivity index (χ3v) is 4.14. The van der Waals surface area contributed by atoms with Gasteiger partial charge in [-0.15, -0.1) is 0 Å². The maximum absolute atomic E-state index is 12.4. The summed E-state index contributed by atoms with van der Waals surface area (Å²) >= 11 is 0. The number of Topliss-reactive ketones (excluding diaryl/α,β-unsaturated/α-hetero) is 1. The van der Waals surface area contributed by atoms with Gasteiger partial charge in [-0.3, -0.25) is 4.79 Å². The van der Waals surface area contributed by atoms with Crippen molar-refractivity contribution in [2.45, 2.75) is 25.7 Å². The number of benzene rings is 1. The Balaban J connectivity index is 1.69. The molecule has 0 bridgehead atoms. The quantitative estimate of drug-likeness (QED) is 0.779. The summed E-state index contributed by atoms with van der Waals surface area (Å²) in [6.07, 6.45) is 1.22. The fourth-order valence-corrected chi connectivity index (χ4v) is 3.03. The second-order valence-corrected chi connectivity index (χ2v) is 5.76. The van der Waals surface area contributed by atoms with Gasteiger partial charge in [0.15, 0.2) is 5.78 Å². The number of H-pyrrole nitrogens is 1. The molecular weight excluding hydrogens is 276 g/mol. The van der Waals surface area contributed by atoms with Crippen molar-refractivity contribution in [3.05, 3.63) is 65.4 Å². The summed E-state index contributed by atoms with van der Waals surface area (Å²) in [6.45, 7) is 1.92. The number of furan rings is 1. The fourth-order valence-electron chi connectivity index (χ4n) is 3.03. The molecular formula is C18H16N2O2. The van der Waals surface area contributed by atoms with Crippen LogP contribution in [0.1, 0.15) is 40.0 Å². The van der Waals surface area contributed by atoms with Gasteiger partial charge in [0.2, 0.25) is 0 Å². The zero-order valence-electron chi connectivity index (χ0n) is 12.3. The second-order valence-electron chi connectivity index (χ2n) is 5.76. The number of aromatic nitrogens is 2. The summed E-state index contributed by atoms with van der Waals surface area (Å²) in [5.74, 6) is 2.70. The number of carbonyl (C=O) groups is 1. The van der Waals surface area contributed by atoms with Crippen molar-refractivity contribution >= 4 is 5.78 Å². The number of imidazole rings is 1. The van der Waals surface area contributed by atoms with Crippen molar-refractivity contribution in [3.63, 3.8) is 0 Å². The summed E-state index contributed by atoms with van der Waals surface area (Å²) in [4.78, 5) is 20.2. The van der Waals surface area contributed by atoms with E-state index in [1.165, 1.54) is 0 Å². The smallest absolute Gasteiger partial charge is 0.183 e. The van der Waals surface area contributed by atoms with Crippen LogP contribution in [0.25, 0.3) is 11.4 Å². The lowest BCUT2D eigenvalue weighted by Gasteiger charge is -2.18. The number of aromatic amines is 1. The van der Waals surface area contributed by atoms with Gasteiger partial charge >= 0.3 is 0 Å². The molecule has 4 nitrogen and oxygen atoms in total. The fraction of sp³-hybridized carbons (Fsp3) is 0.222. The number of aryl methyl sites for hydroxylation is 1. The van der Waals surface area contributed by atoms with Crippen LogP contribution in [0.3, 0.4) is 0 Å². The van der Waals surface area contributed by atoms with E-state index in [4.69, 9.17) is 4.42 Å². The van der Waals surface area contributed by atoms with E-state index in [1.54, 1.807) is 0 Å². The molecule has 0 fully saturated rings. The highest BCUT2D eigenvalue weighted by molar-refractivity contribution is 5.97. The highest BCUT2D eigenvalue weighted by Gasteiger charge is 2.31. The molecule has 0 saturated carbocycles. The number of rotatable bonds is 2. The average Bonchev–Trinajstić information content (AvgIpc) is 3.14. The van der Waals surface area contributed by atoms with Crippen molar-refractivity contribution in [2.24, 2.45) is 0 Å². The standard InChI is InChI=1S/C18H16N2O2/c1-11-7-8-16(22-11)13-9-14-17(15(21)10-13)20-18(19-14)12-5-3-2-4-6-12/h2-8,13H,9-10H2,1H3,(H,19,20). The van der Waals surface area contributed by atoms with Gasteiger partial charge in [0.1, 0.15) is 23.0 Å². The minimum absolute atomic E-state index is 0.0822. The van der Waals surface area contributed by atoms with Crippen molar-refractivity contribution < 1.29 is 9.21 Å². The molecule has 0 aliphatic heterocycles.